The van der Waals surface area contributed by atoms with E-state index in [1.807, 2.05) is 25.1 Å². The number of piperazine rings is 1. The van der Waals surface area contributed by atoms with Crippen molar-refractivity contribution < 1.29 is 9.53 Å². The molecule has 0 aliphatic carbocycles. The Morgan fingerprint density at radius 3 is 2.58 bits per heavy atom. The minimum absolute atomic E-state index is 0.217. The predicted molar refractivity (Wildman–Crippen MR) is 95.5 cm³/mol. The van der Waals surface area contributed by atoms with E-state index in [2.05, 4.69) is 22.8 Å². The third-order valence-corrected chi connectivity index (χ3v) is 4.76. The molecule has 24 heavy (non-hydrogen) atoms. The number of primary amides is 1. The maximum Gasteiger partial charge on any atom is 0.234 e. The number of anilines is 1. The highest BCUT2D eigenvalue weighted by atomic mass is 16.5. The van der Waals surface area contributed by atoms with Gasteiger partial charge >= 0.3 is 0 Å². The highest BCUT2D eigenvalue weighted by Crippen LogP contribution is 2.26. The van der Waals surface area contributed by atoms with Crippen LogP contribution in [0.15, 0.2) is 24.3 Å². The fourth-order valence-electron chi connectivity index (χ4n) is 3.20. The van der Waals surface area contributed by atoms with Crippen LogP contribution in [-0.2, 0) is 4.79 Å². The molecule has 1 aliphatic heterocycles. The summed E-state index contributed by atoms with van der Waals surface area (Å²) in [5, 5.41) is 1.08. The van der Waals surface area contributed by atoms with Gasteiger partial charge in [0.2, 0.25) is 5.91 Å². The number of hydrogen-bond donors (Lipinski definition) is 1. The topological polar surface area (TPSA) is 71.7 Å². The number of benzene rings is 1. The van der Waals surface area contributed by atoms with Crippen molar-refractivity contribution >= 4 is 22.6 Å². The van der Waals surface area contributed by atoms with Gasteiger partial charge in [-0.15, -0.1) is 0 Å². The second kappa shape index (κ2) is 6.65. The van der Waals surface area contributed by atoms with Crippen LogP contribution >= 0.6 is 0 Å². The van der Waals surface area contributed by atoms with Gasteiger partial charge in [-0.05, 0) is 43.7 Å². The number of carbonyl (C=O) groups excluding carboxylic acids is 1. The fraction of sp³-hybridized carbons (Fsp3) is 0.444. The molecule has 0 radical (unpaired) electrons. The summed E-state index contributed by atoms with van der Waals surface area (Å²) >= 11 is 0. The number of rotatable bonds is 4. The summed E-state index contributed by atoms with van der Waals surface area (Å²) in [6.07, 6.45) is 0. The molecule has 1 saturated heterocycles. The molecular formula is C18H24N4O2. The van der Waals surface area contributed by atoms with Crippen molar-refractivity contribution in [1.82, 2.24) is 9.88 Å². The van der Waals surface area contributed by atoms with E-state index in [9.17, 15) is 4.79 Å². The molecule has 3 rings (SSSR count). The van der Waals surface area contributed by atoms with Gasteiger partial charge in [0.25, 0.3) is 0 Å². The maximum atomic E-state index is 11.3. The smallest absolute Gasteiger partial charge is 0.234 e. The van der Waals surface area contributed by atoms with E-state index >= 15 is 0 Å². The molecule has 6 nitrogen and oxygen atoms in total. The summed E-state index contributed by atoms with van der Waals surface area (Å²) in [4.78, 5) is 20.6. The van der Waals surface area contributed by atoms with E-state index < -0.39 is 0 Å². The third-order valence-electron chi connectivity index (χ3n) is 4.76. The van der Waals surface area contributed by atoms with Gasteiger partial charge in [0.1, 0.15) is 11.6 Å². The Labute approximate surface area is 142 Å². The molecule has 128 valence electrons. The number of ether oxygens (including phenoxy) is 1. The zero-order valence-corrected chi connectivity index (χ0v) is 14.5. The lowest BCUT2D eigenvalue weighted by Crippen LogP contribution is -2.53. The van der Waals surface area contributed by atoms with Crippen molar-refractivity contribution in [2.24, 2.45) is 5.73 Å². The Morgan fingerprint density at radius 2 is 1.96 bits per heavy atom. The van der Waals surface area contributed by atoms with Gasteiger partial charge in [-0.25, -0.2) is 4.98 Å². The maximum absolute atomic E-state index is 11.3. The summed E-state index contributed by atoms with van der Waals surface area (Å²) in [5.41, 5.74) is 7.51. The fourth-order valence-corrected chi connectivity index (χ4v) is 3.20. The van der Waals surface area contributed by atoms with Crippen LogP contribution in [0.4, 0.5) is 5.82 Å². The Kier molecular flexibility index (Phi) is 4.57. The number of amides is 1. The minimum Gasteiger partial charge on any atom is -0.497 e. The van der Waals surface area contributed by atoms with Crippen molar-refractivity contribution in [1.29, 1.82) is 0 Å². The number of fused-ring (bicyclic) bond motifs is 1. The molecule has 0 spiro atoms. The third kappa shape index (κ3) is 3.14. The molecule has 0 bridgehead atoms. The Morgan fingerprint density at radius 1 is 1.25 bits per heavy atom. The Hall–Kier alpha value is -2.34. The Balaban J connectivity index is 1.80. The summed E-state index contributed by atoms with van der Waals surface area (Å²) in [6, 6.07) is 7.86. The number of aromatic nitrogens is 1. The number of carbonyl (C=O) groups is 1. The van der Waals surface area contributed by atoms with Crippen molar-refractivity contribution in [3.8, 4) is 5.75 Å². The second-order valence-corrected chi connectivity index (χ2v) is 6.29. The molecule has 0 saturated carbocycles. The lowest BCUT2D eigenvalue weighted by molar-refractivity contribution is -0.122. The van der Waals surface area contributed by atoms with Crippen molar-refractivity contribution in [2.75, 3.05) is 38.2 Å². The van der Waals surface area contributed by atoms with Crippen LogP contribution < -0.4 is 15.4 Å². The SMILES string of the molecule is COc1ccc2nc(N3CCN(C(C)C(N)=O)CC3)c(C)cc2c1. The summed E-state index contributed by atoms with van der Waals surface area (Å²) < 4.78 is 5.28. The van der Waals surface area contributed by atoms with Crippen molar-refractivity contribution in [3.63, 3.8) is 0 Å². The molecular weight excluding hydrogens is 304 g/mol. The molecule has 2 aromatic rings. The van der Waals surface area contributed by atoms with Crippen LogP contribution in [0.3, 0.4) is 0 Å². The normalized spacial score (nSPS) is 17.0. The van der Waals surface area contributed by atoms with Crippen LogP contribution in [0.25, 0.3) is 10.9 Å². The van der Waals surface area contributed by atoms with Gasteiger partial charge in [0.15, 0.2) is 0 Å². The van der Waals surface area contributed by atoms with Crippen LogP contribution in [0.5, 0.6) is 5.75 Å². The van der Waals surface area contributed by atoms with Crippen LogP contribution in [-0.4, -0.2) is 55.1 Å². The molecule has 2 heterocycles. The lowest BCUT2D eigenvalue weighted by atomic mass is 10.1. The van der Waals surface area contributed by atoms with Crippen molar-refractivity contribution in [2.45, 2.75) is 19.9 Å². The van der Waals surface area contributed by atoms with Gasteiger partial charge in [-0.2, -0.15) is 0 Å². The lowest BCUT2D eigenvalue weighted by Gasteiger charge is -2.38. The molecule has 1 fully saturated rings. The molecule has 1 aliphatic rings. The van der Waals surface area contributed by atoms with Gasteiger partial charge in [-0.3, -0.25) is 9.69 Å². The van der Waals surface area contributed by atoms with Crippen molar-refractivity contribution in [3.05, 3.63) is 29.8 Å². The zero-order chi connectivity index (χ0) is 17.3. The van der Waals surface area contributed by atoms with Gasteiger partial charge in [0.05, 0.1) is 18.7 Å². The second-order valence-electron chi connectivity index (χ2n) is 6.29. The van der Waals surface area contributed by atoms with E-state index in [0.717, 1.165) is 54.2 Å². The van der Waals surface area contributed by atoms with E-state index in [1.165, 1.54) is 0 Å². The number of pyridine rings is 1. The van der Waals surface area contributed by atoms with E-state index in [4.69, 9.17) is 15.5 Å². The van der Waals surface area contributed by atoms with E-state index in [1.54, 1.807) is 7.11 Å². The predicted octanol–water partition coefficient (Wildman–Crippen LogP) is 1.55. The minimum atomic E-state index is -0.266. The van der Waals surface area contributed by atoms with Crippen LogP contribution in [0, 0.1) is 6.92 Å². The number of methoxy groups -OCH3 is 1. The molecule has 6 heteroatoms. The first kappa shape index (κ1) is 16.5. The average molecular weight is 328 g/mol. The van der Waals surface area contributed by atoms with Gasteiger partial charge in [-0.1, -0.05) is 0 Å². The quantitative estimate of drug-likeness (QED) is 0.922. The number of nitrogens with zero attached hydrogens (tertiary/aromatic N) is 3. The van der Waals surface area contributed by atoms with E-state index in [-0.39, 0.29) is 11.9 Å². The highest BCUT2D eigenvalue weighted by Gasteiger charge is 2.25. The van der Waals surface area contributed by atoms with E-state index in [0.29, 0.717) is 0 Å². The molecule has 1 atom stereocenters. The largest absolute Gasteiger partial charge is 0.497 e. The first-order valence-corrected chi connectivity index (χ1v) is 8.23. The summed E-state index contributed by atoms with van der Waals surface area (Å²) in [5.74, 6) is 1.59. The first-order valence-electron chi connectivity index (χ1n) is 8.23. The highest BCUT2D eigenvalue weighted by molar-refractivity contribution is 5.83. The summed E-state index contributed by atoms with van der Waals surface area (Å²) in [6.45, 7) is 7.25. The monoisotopic (exact) mass is 328 g/mol. The molecule has 1 aromatic carbocycles. The molecule has 1 aromatic heterocycles. The van der Waals surface area contributed by atoms with Crippen LogP contribution in [0.1, 0.15) is 12.5 Å². The molecule has 1 amide bonds. The van der Waals surface area contributed by atoms with Crippen LogP contribution in [0.2, 0.25) is 0 Å². The number of nitrogens with two attached hydrogens (primary N) is 1. The molecule has 1 unspecified atom stereocenters. The number of aryl methyl sites for hydroxylation is 1. The van der Waals surface area contributed by atoms with Gasteiger partial charge < -0.3 is 15.4 Å². The molecule has 2 N–H and O–H groups in total. The first-order chi connectivity index (χ1) is 11.5. The average Bonchev–Trinajstić information content (AvgIpc) is 2.60. The standard InChI is InChI=1S/C18H24N4O2/c1-12-10-14-11-15(24-3)4-5-16(14)20-18(12)22-8-6-21(7-9-22)13(2)17(19)23/h4-5,10-11,13H,6-9H2,1-3H3,(H2,19,23). The van der Waals surface area contributed by atoms with Gasteiger partial charge in [0, 0.05) is 31.6 Å². The number of hydrogen-bond acceptors (Lipinski definition) is 5. The Bertz CT molecular complexity index is 754. The zero-order valence-electron chi connectivity index (χ0n) is 14.5. The summed E-state index contributed by atoms with van der Waals surface area (Å²) in [7, 11) is 1.67.